The lowest BCUT2D eigenvalue weighted by atomic mass is 10.6. The van der Waals surface area contributed by atoms with Gasteiger partial charge in [-0.2, -0.15) is 0 Å². The Bertz CT molecular complexity index is 30.0. The van der Waals surface area contributed by atoms with Gasteiger partial charge in [-0.1, -0.05) is 15.9 Å². The zero-order valence-corrected chi connectivity index (χ0v) is 6.22. The molecule has 0 aliphatic carbocycles. The molecule has 6 heavy (non-hydrogen) atoms. The van der Waals surface area contributed by atoms with E-state index in [0.29, 0.717) is 5.88 Å². The van der Waals surface area contributed by atoms with E-state index in [1.54, 1.807) is 0 Å². The van der Waals surface area contributed by atoms with Crippen molar-refractivity contribution in [2.75, 3.05) is 5.88 Å². The monoisotopic (exact) mass is 190 g/mol. The molecule has 0 nitrogen and oxygen atoms in total. The third-order valence-electron chi connectivity index (χ3n) is 0.327. The van der Waals surface area contributed by atoms with Crippen LogP contribution < -0.4 is 0 Å². The van der Waals surface area contributed by atoms with Crippen LogP contribution in [0.4, 0.5) is 0 Å². The Morgan fingerprint density at radius 3 is 2.17 bits per heavy atom. The van der Waals surface area contributed by atoms with Crippen molar-refractivity contribution in [2.45, 2.75) is 10.7 Å². The molecule has 0 aliphatic rings. The van der Waals surface area contributed by atoms with Crippen LogP contribution in [0.15, 0.2) is 0 Å². The minimum atomic E-state index is 0.0509. The maximum atomic E-state index is 5.41. The fourth-order valence-corrected chi connectivity index (χ4v) is 1.01. The van der Waals surface area contributed by atoms with Gasteiger partial charge < -0.3 is 0 Å². The Morgan fingerprint density at radius 2 is 2.17 bits per heavy atom. The molecular formula is C3H5BrCl2. The second-order valence-corrected chi connectivity index (χ2v) is 3.41. The molecule has 1 atom stereocenters. The van der Waals surface area contributed by atoms with Crippen LogP contribution in [-0.2, 0) is 0 Å². The van der Waals surface area contributed by atoms with Crippen molar-refractivity contribution in [3.63, 3.8) is 0 Å². The topological polar surface area (TPSA) is 0 Å². The van der Waals surface area contributed by atoms with E-state index in [0.717, 1.165) is 6.42 Å². The number of halogens is 3. The molecular weight excluding hydrogens is 187 g/mol. The quantitative estimate of drug-likeness (QED) is 0.589. The van der Waals surface area contributed by atoms with E-state index in [9.17, 15) is 0 Å². The summed E-state index contributed by atoms with van der Waals surface area (Å²) in [5.74, 6) is 0.624. The fourth-order valence-electron chi connectivity index (χ4n) is 0.0825. The Balaban J connectivity index is 2.63. The first-order valence-electron chi connectivity index (χ1n) is 1.61. The first kappa shape index (κ1) is 7.06. The van der Waals surface area contributed by atoms with Gasteiger partial charge in [-0.25, -0.2) is 0 Å². The molecule has 3 heteroatoms. The van der Waals surface area contributed by atoms with E-state index in [2.05, 4.69) is 15.9 Å². The molecule has 0 heterocycles. The van der Waals surface area contributed by atoms with E-state index < -0.39 is 0 Å². The molecule has 0 saturated heterocycles. The minimum absolute atomic E-state index is 0.0509. The van der Waals surface area contributed by atoms with E-state index in [1.165, 1.54) is 0 Å². The predicted octanol–water partition coefficient (Wildman–Crippen LogP) is 2.58. The van der Waals surface area contributed by atoms with Crippen molar-refractivity contribution in [3.05, 3.63) is 0 Å². The van der Waals surface area contributed by atoms with Crippen molar-refractivity contribution >= 4 is 39.1 Å². The zero-order valence-electron chi connectivity index (χ0n) is 3.13. The molecule has 0 aromatic heterocycles. The average molecular weight is 192 g/mol. The van der Waals surface area contributed by atoms with Crippen molar-refractivity contribution < 1.29 is 0 Å². The number of rotatable bonds is 2. The van der Waals surface area contributed by atoms with Crippen LogP contribution in [0.2, 0.25) is 0 Å². The van der Waals surface area contributed by atoms with Gasteiger partial charge in [0.05, 0.1) is 4.29 Å². The number of hydrogen-bond donors (Lipinski definition) is 0. The number of alkyl halides is 3. The van der Waals surface area contributed by atoms with Crippen molar-refractivity contribution in [1.29, 1.82) is 0 Å². The summed E-state index contributed by atoms with van der Waals surface area (Å²) in [6, 6.07) is 0. The third kappa shape index (κ3) is 5.06. The van der Waals surface area contributed by atoms with Gasteiger partial charge in [-0.3, -0.25) is 0 Å². The normalized spacial score (nSPS) is 14.5. The van der Waals surface area contributed by atoms with Gasteiger partial charge in [0.15, 0.2) is 0 Å². The van der Waals surface area contributed by atoms with Crippen molar-refractivity contribution in [2.24, 2.45) is 0 Å². The van der Waals surface area contributed by atoms with Gasteiger partial charge in [-0.05, 0) is 6.42 Å². The van der Waals surface area contributed by atoms with E-state index >= 15 is 0 Å². The van der Waals surface area contributed by atoms with E-state index in [-0.39, 0.29) is 4.29 Å². The molecule has 0 amide bonds. The standard InChI is InChI=1S/C3H5BrCl2/c4-3(6)1-2-5/h3H,1-2H2. The molecule has 0 aromatic carbocycles. The highest BCUT2D eigenvalue weighted by Gasteiger charge is 1.92. The molecule has 1 unspecified atom stereocenters. The number of hydrogen-bond acceptors (Lipinski definition) is 0. The Kier molecular flexibility index (Phi) is 4.97. The lowest BCUT2D eigenvalue weighted by Gasteiger charge is -1.89. The molecule has 0 saturated carbocycles. The summed E-state index contributed by atoms with van der Waals surface area (Å²) in [5.41, 5.74) is 0. The van der Waals surface area contributed by atoms with Gasteiger partial charge in [0.1, 0.15) is 0 Å². The first-order chi connectivity index (χ1) is 2.77. The molecule has 0 N–H and O–H groups in total. The van der Waals surface area contributed by atoms with Crippen LogP contribution in [0.25, 0.3) is 0 Å². The molecule has 0 bridgehead atoms. The van der Waals surface area contributed by atoms with Gasteiger partial charge in [0.2, 0.25) is 0 Å². The SMILES string of the molecule is ClCCC(Cl)Br. The second kappa shape index (κ2) is 4.23. The van der Waals surface area contributed by atoms with Gasteiger partial charge in [0, 0.05) is 5.88 Å². The van der Waals surface area contributed by atoms with Gasteiger partial charge in [-0.15, -0.1) is 23.2 Å². The maximum absolute atomic E-state index is 5.41. The smallest absolute Gasteiger partial charge is 0.0897 e. The molecule has 0 rings (SSSR count). The van der Waals surface area contributed by atoms with Crippen LogP contribution >= 0.6 is 39.1 Å². The molecule has 0 spiro atoms. The maximum Gasteiger partial charge on any atom is 0.0897 e. The Labute approximate surface area is 55.9 Å². The Morgan fingerprint density at radius 1 is 1.67 bits per heavy atom. The highest BCUT2D eigenvalue weighted by atomic mass is 79.9. The molecule has 0 aromatic rings. The van der Waals surface area contributed by atoms with Crippen LogP contribution in [-0.4, -0.2) is 10.2 Å². The predicted molar refractivity (Wildman–Crippen MR) is 33.9 cm³/mol. The zero-order chi connectivity index (χ0) is 4.99. The average Bonchev–Trinajstić information content (AvgIpc) is 1.35. The van der Waals surface area contributed by atoms with Crippen LogP contribution in [0.5, 0.6) is 0 Å². The lowest BCUT2D eigenvalue weighted by Crippen LogP contribution is -1.83. The van der Waals surface area contributed by atoms with Crippen LogP contribution in [0.1, 0.15) is 6.42 Å². The summed E-state index contributed by atoms with van der Waals surface area (Å²) in [5, 5.41) is 0. The Hall–Kier alpha value is 1.06. The molecule has 0 radical (unpaired) electrons. The summed E-state index contributed by atoms with van der Waals surface area (Å²) in [7, 11) is 0. The summed E-state index contributed by atoms with van der Waals surface area (Å²) in [4.78, 5) is 0. The largest absolute Gasteiger partial charge is 0.127 e. The first-order valence-corrected chi connectivity index (χ1v) is 3.50. The van der Waals surface area contributed by atoms with Crippen molar-refractivity contribution in [1.82, 2.24) is 0 Å². The second-order valence-electron chi connectivity index (χ2n) is 0.869. The third-order valence-corrected chi connectivity index (χ3v) is 1.22. The summed E-state index contributed by atoms with van der Waals surface area (Å²) in [6.07, 6.45) is 0.823. The highest BCUT2D eigenvalue weighted by Crippen LogP contribution is 2.09. The van der Waals surface area contributed by atoms with E-state index in [1.807, 2.05) is 0 Å². The summed E-state index contributed by atoms with van der Waals surface area (Å²) in [6.45, 7) is 0. The van der Waals surface area contributed by atoms with E-state index in [4.69, 9.17) is 23.2 Å². The lowest BCUT2D eigenvalue weighted by molar-refractivity contribution is 1.07. The highest BCUT2D eigenvalue weighted by molar-refractivity contribution is 9.10. The summed E-state index contributed by atoms with van der Waals surface area (Å²) >= 11 is 13.8. The van der Waals surface area contributed by atoms with Crippen molar-refractivity contribution in [3.8, 4) is 0 Å². The van der Waals surface area contributed by atoms with Gasteiger partial charge in [0.25, 0.3) is 0 Å². The van der Waals surface area contributed by atoms with Gasteiger partial charge >= 0.3 is 0 Å². The molecule has 0 aliphatic heterocycles. The summed E-state index contributed by atoms with van der Waals surface area (Å²) < 4.78 is 0.0509. The minimum Gasteiger partial charge on any atom is -0.127 e. The molecule has 0 fully saturated rings. The molecule has 38 valence electrons. The van der Waals surface area contributed by atoms with Crippen LogP contribution in [0, 0.1) is 0 Å². The van der Waals surface area contributed by atoms with Crippen LogP contribution in [0.3, 0.4) is 0 Å². The fraction of sp³-hybridized carbons (Fsp3) is 1.00.